The number of hydrogen-bond acceptors (Lipinski definition) is 4. The summed E-state index contributed by atoms with van der Waals surface area (Å²) in [7, 11) is 2.17. The van der Waals surface area contributed by atoms with Crippen molar-refractivity contribution in [2.75, 3.05) is 38.1 Å². The Morgan fingerprint density at radius 3 is 2.68 bits per heavy atom. The van der Waals surface area contributed by atoms with Crippen LogP contribution in [0.5, 0.6) is 0 Å². The van der Waals surface area contributed by atoms with E-state index in [1.165, 1.54) is 21.3 Å². The summed E-state index contributed by atoms with van der Waals surface area (Å²) in [5.74, 6) is 0. The molecule has 1 aromatic rings. The first-order valence-corrected chi connectivity index (χ1v) is 7.05. The van der Waals surface area contributed by atoms with Crippen molar-refractivity contribution in [3.8, 4) is 0 Å². The normalized spacial score (nSPS) is 23.6. The van der Waals surface area contributed by atoms with Crippen LogP contribution < -0.4 is 4.90 Å². The zero-order valence-electron chi connectivity index (χ0n) is 11.4. The van der Waals surface area contributed by atoms with Crippen LogP contribution in [0.4, 0.5) is 5.69 Å². The SMILES string of the molecule is CC1c2ccc(N3CCN(C)CC3)cc2C=NN1Cl. The van der Waals surface area contributed by atoms with Crippen LogP contribution in [-0.2, 0) is 0 Å². The Morgan fingerprint density at radius 1 is 1.21 bits per heavy atom. The van der Waals surface area contributed by atoms with Crippen LogP contribution in [0.1, 0.15) is 24.1 Å². The zero-order chi connectivity index (χ0) is 13.4. The predicted octanol–water partition coefficient (Wildman–Crippen LogP) is 2.30. The molecule has 1 saturated heterocycles. The maximum Gasteiger partial charge on any atom is 0.0875 e. The molecule has 2 aliphatic rings. The Balaban J connectivity index is 1.85. The minimum Gasteiger partial charge on any atom is -0.369 e. The molecule has 2 aliphatic heterocycles. The van der Waals surface area contributed by atoms with Crippen molar-refractivity contribution in [1.29, 1.82) is 0 Å². The number of hydrogen-bond donors (Lipinski definition) is 0. The summed E-state index contributed by atoms with van der Waals surface area (Å²) in [5, 5.41) is 4.20. The smallest absolute Gasteiger partial charge is 0.0875 e. The molecule has 4 nitrogen and oxygen atoms in total. The van der Waals surface area contributed by atoms with Gasteiger partial charge in [-0.05, 0) is 31.7 Å². The molecule has 0 aromatic heterocycles. The van der Waals surface area contributed by atoms with E-state index in [4.69, 9.17) is 11.8 Å². The third-order valence-electron chi connectivity index (χ3n) is 4.02. The maximum absolute atomic E-state index is 6.02. The maximum atomic E-state index is 6.02. The zero-order valence-corrected chi connectivity index (χ0v) is 12.1. The molecule has 1 aromatic carbocycles. The molecule has 0 amide bonds. The van der Waals surface area contributed by atoms with Crippen molar-refractivity contribution in [3.63, 3.8) is 0 Å². The lowest BCUT2D eigenvalue weighted by molar-refractivity contribution is 0.313. The average Bonchev–Trinajstić information content (AvgIpc) is 2.43. The second kappa shape index (κ2) is 5.02. The molecule has 3 rings (SSSR count). The predicted molar refractivity (Wildman–Crippen MR) is 79.9 cm³/mol. The fraction of sp³-hybridized carbons (Fsp3) is 0.500. The van der Waals surface area contributed by atoms with Gasteiger partial charge < -0.3 is 9.80 Å². The number of likely N-dealkylation sites (N-methyl/N-ethyl adjacent to an activating group) is 1. The highest BCUT2D eigenvalue weighted by molar-refractivity contribution is 6.14. The van der Waals surface area contributed by atoms with Crippen LogP contribution in [0, 0.1) is 0 Å². The third kappa shape index (κ3) is 2.42. The van der Waals surface area contributed by atoms with E-state index in [9.17, 15) is 0 Å². The van der Waals surface area contributed by atoms with Gasteiger partial charge in [0, 0.05) is 49.2 Å². The summed E-state index contributed by atoms with van der Waals surface area (Å²) < 4.78 is 1.48. The van der Waals surface area contributed by atoms with Crippen LogP contribution in [0.2, 0.25) is 0 Å². The molecule has 1 fully saturated rings. The van der Waals surface area contributed by atoms with Crippen molar-refractivity contribution in [2.24, 2.45) is 5.10 Å². The molecule has 1 atom stereocenters. The number of piperazine rings is 1. The van der Waals surface area contributed by atoms with Crippen LogP contribution in [-0.4, -0.2) is 48.9 Å². The lowest BCUT2D eigenvalue weighted by Crippen LogP contribution is -2.44. The molecule has 2 heterocycles. The Bertz CT molecular complexity index is 494. The van der Waals surface area contributed by atoms with Gasteiger partial charge in [0.25, 0.3) is 0 Å². The highest BCUT2D eigenvalue weighted by Crippen LogP contribution is 2.31. The van der Waals surface area contributed by atoms with Gasteiger partial charge in [-0.2, -0.15) is 9.63 Å². The monoisotopic (exact) mass is 278 g/mol. The minimum absolute atomic E-state index is 0.128. The van der Waals surface area contributed by atoms with Crippen molar-refractivity contribution < 1.29 is 0 Å². The topological polar surface area (TPSA) is 22.1 Å². The summed E-state index contributed by atoms with van der Waals surface area (Å²) in [6, 6.07) is 6.73. The van der Waals surface area contributed by atoms with E-state index in [-0.39, 0.29) is 6.04 Å². The third-order valence-corrected chi connectivity index (χ3v) is 4.40. The van der Waals surface area contributed by atoms with Gasteiger partial charge in [0.1, 0.15) is 0 Å². The number of anilines is 1. The first-order valence-electron chi connectivity index (χ1n) is 6.71. The Labute approximate surface area is 119 Å². The molecule has 0 N–H and O–H groups in total. The Hall–Kier alpha value is -1.26. The van der Waals surface area contributed by atoms with E-state index in [1.807, 2.05) is 6.21 Å². The first kappa shape index (κ1) is 12.8. The summed E-state index contributed by atoms with van der Waals surface area (Å²) in [6.45, 7) is 6.49. The van der Waals surface area contributed by atoms with Gasteiger partial charge in [-0.1, -0.05) is 6.07 Å². The van der Waals surface area contributed by atoms with Crippen molar-refractivity contribution >= 4 is 23.7 Å². The van der Waals surface area contributed by atoms with Crippen LogP contribution in [0.25, 0.3) is 0 Å². The second-order valence-corrected chi connectivity index (χ2v) is 5.66. The number of halogens is 1. The van der Waals surface area contributed by atoms with E-state index in [0.29, 0.717) is 0 Å². The van der Waals surface area contributed by atoms with Crippen molar-refractivity contribution in [2.45, 2.75) is 13.0 Å². The number of benzene rings is 1. The lowest BCUT2D eigenvalue weighted by atomic mass is 10.00. The summed E-state index contributed by atoms with van der Waals surface area (Å²) in [5.41, 5.74) is 3.71. The molecular weight excluding hydrogens is 260 g/mol. The second-order valence-electron chi connectivity index (χ2n) is 5.31. The first-order chi connectivity index (χ1) is 9.15. The van der Waals surface area contributed by atoms with Gasteiger partial charge in [0.15, 0.2) is 0 Å². The van der Waals surface area contributed by atoms with Gasteiger partial charge in [-0.15, -0.1) is 0 Å². The fourth-order valence-electron chi connectivity index (χ4n) is 2.65. The highest BCUT2D eigenvalue weighted by atomic mass is 35.5. The summed E-state index contributed by atoms with van der Waals surface area (Å²) >= 11 is 6.02. The van der Waals surface area contributed by atoms with E-state index in [2.05, 4.69) is 47.1 Å². The molecule has 0 radical (unpaired) electrons. The van der Waals surface area contributed by atoms with E-state index in [1.54, 1.807) is 0 Å². The molecule has 0 bridgehead atoms. The average molecular weight is 279 g/mol. The molecule has 19 heavy (non-hydrogen) atoms. The highest BCUT2D eigenvalue weighted by Gasteiger charge is 2.21. The van der Waals surface area contributed by atoms with E-state index < -0.39 is 0 Å². The number of fused-ring (bicyclic) bond motifs is 1. The Morgan fingerprint density at radius 2 is 1.95 bits per heavy atom. The molecule has 102 valence electrons. The van der Waals surface area contributed by atoms with Crippen molar-refractivity contribution in [1.82, 2.24) is 9.43 Å². The molecule has 0 aliphatic carbocycles. The Kier molecular flexibility index (Phi) is 3.37. The summed E-state index contributed by atoms with van der Waals surface area (Å²) in [6.07, 6.45) is 1.85. The summed E-state index contributed by atoms with van der Waals surface area (Å²) in [4.78, 5) is 4.80. The van der Waals surface area contributed by atoms with E-state index in [0.717, 1.165) is 26.2 Å². The quantitative estimate of drug-likeness (QED) is 0.736. The number of hydrazone groups is 1. The van der Waals surface area contributed by atoms with Gasteiger partial charge in [-0.25, -0.2) is 0 Å². The van der Waals surface area contributed by atoms with Crippen molar-refractivity contribution in [3.05, 3.63) is 29.3 Å². The largest absolute Gasteiger partial charge is 0.369 e. The molecule has 0 saturated carbocycles. The molecular formula is C14H19ClN4. The van der Waals surface area contributed by atoms with Gasteiger partial charge in [0.05, 0.1) is 12.3 Å². The lowest BCUT2D eigenvalue weighted by Gasteiger charge is -2.35. The number of rotatable bonds is 1. The number of nitrogens with zero attached hydrogens (tertiary/aromatic N) is 4. The molecule has 5 heteroatoms. The van der Waals surface area contributed by atoms with Crippen LogP contribution in [0.15, 0.2) is 23.3 Å². The van der Waals surface area contributed by atoms with Gasteiger partial charge in [0.2, 0.25) is 0 Å². The minimum atomic E-state index is 0.128. The van der Waals surface area contributed by atoms with Crippen LogP contribution in [0.3, 0.4) is 0 Å². The molecule has 1 unspecified atom stereocenters. The van der Waals surface area contributed by atoms with Gasteiger partial charge >= 0.3 is 0 Å². The van der Waals surface area contributed by atoms with E-state index >= 15 is 0 Å². The van der Waals surface area contributed by atoms with Gasteiger partial charge in [-0.3, -0.25) is 0 Å². The fourth-order valence-corrected chi connectivity index (χ4v) is 2.80. The standard InChI is InChI=1S/C14H19ClN4/c1-11-14-4-3-13(9-12(14)10-16-19(11)15)18-7-5-17(2)6-8-18/h3-4,9-11H,5-8H2,1-2H3. The van der Waals surface area contributed by atoms with Crippen LogP contribution >= 0.6 is 11.8 Å². The molecule has 0 spiro atoms.